The first-order valence-electron chi connectivity index (χ1n) is 4.51. The average molecular weight is 207 g/mol. The van der Waals surface area contributed by atoms with Gasteiger partial charge in [-0.05, 0) is 17.7 Å². The highest BCUT2D eigenvalue weighted by Crippen LogP contribution is 2.37. The minimum absolute atomic E-state index is 0.0800. The first-order chi connectivity index (χ1) is 6.83. The Morgan fingerprint density at radius 3 is 3.14 bits per heavy atom. The zero-order chi connectivity index (χ0) is 9.54. The van der Waals surface area contributed by atoms with Crippen LogP contribution in [-0.2, 0) is 9.53 Å². The molecule has 14 heavy (non-hydrogen) atoms. The number of carbonyl (C=O) groups is 1. The fraction of sp³-hybridized carbons (Fsp3) is 0.300. The molecule has 0 spiro atoms. The van der Waals surface area contributed by atoms with Gasteiger partial charge in [0.25, 0.3) is 0 Å². The molecular weight excluding hydrogens is 198 g/mol. The van der Waals surface area contributed by atoms with Crippen LogP contribution >= 0.6 is 11.8 Å². The molecule has 72 valence electrons. The number of hydrogen-bond donors (Lipinski definition) is 1. The van der Waals surface area contributed by atoms with Crippen molar-refractivity contribution in [2.45, 2.75) is 11.0 Å². The predicted octanol–water partition coefficient (Wildman–Crippen LogP) is 1.80. The summed E-state index contributed by atoms with van der Waals surface area (Å²) in [5.41, 5.74) is 2.09. The highest BCUT2D eigenvalue weighted by atomic mass is 32.2. The van der Waals surface area contributed by atoms with E-state index in [-0.39, 0.29) is 12.0 Å². The third-order valence-electron chi connectivity index (χ3n) is 2.34. The molecule has 3 nitrogen and oxygen atoms in total. The summed E-state index contributed by atoms with van der Waals surface area (Å²) >= 11 is 1.58. The molecule has 0 radical (unpaired) electrons. The van der Waals surface area contributed by atoms with Gasteiger partial charge in [0, 0.05) is 4.90 Å². The number of epoxide rings is 1. The van der Waals surface area contributed by atoms with E-state index in [2.05, 4.69) is 17.4 Å². The Labute approximate surface area is 85.8 Å². The highest BCUT2D eigenvalue weighted by molar-refractivity contribution is 8.00. The number of anilines is 1. The summed E-state index contributed by atoms with van der Waals surface area (Å²) in [5, 5.41) is 2.87. The predicted molar refractivity (Wildman–Crippen MR) is 54.5 cm³/mol. The van der Waals surface area contributed by atoms with Gasteiger partial charge in [0.15, 0.2) is 0 Å². The minimum Gasteiger partial charge on any atom is -0.368 e. The summed E-state index contributed by atoms with van der Waals surface area (Å²) in [7, 11) is 0. The summed E-state index contributed by atoms with van der Waals surface area (Å²) in [6.07, 6.45) is 0.254. The molecule has 0 saturated carbocycles. The lowest BCUT2D eigenvalue weighted by molar-refractivity contribution is -0.113. The van der Waals surface area contributed by atoms with E-state index in [1.807, 2.05) is 6.07 Å². The van der Waals surface area contributed by atoms with Crippen LogP contribution in [0.1, 0.15) is 11.7 Å². The standard InChI is InChI=1S/C10H9NO2S/c12-10-5-14-9-2-1-6(8-4-13-8)3-7(9)11-10/h1-3,8H,4-5H2,(H,11,12). The van der Waals surface area contributed by atoms with Crippen LogP contribution in [0.2, 0.25) is 0 Å². The summed E-state index contributed by atoms with van der Waals surface area (Å²) in [5.74, 6) is 0.600. The molecule has 3 rings (SSSR count). The monoisotopic (exact) mass is 207 g/mol. The van der Waals surface area contributed by atoms with Gasteiger partial charge in [-0.15, -0.1) is 11.8 Å². The summed E-state index contributed by atoms with van der Waals surface area (Å²) in [6, 6.07) is 6.13. The number of rotatable bonds is 1. The topological polar surface area (TPSA) is 41.6 Å². The van der Waals surface area contributed by atoms with Gasteiger partial charge in [-0.2, -0.15) is 0 Å². The van der Waals surface area contributed by atoms with E-state index in [0.717, 1.165) is 22.8 Å². The molecule has 1 atom stereocenters. The van der Waals surface area contributed by atoms with Crippen molar-refractivity contribution < 1.29 is 9.53 Å². The first-order valence-corrected chi connectivity index (χ1v) is 5.50. The third-order valence-corrected chi connectivity index (χ3v) is 3.42. The molecule has 1 aromatic carbocycles. The Morgan fingerprint density at radius 1 is 1.50 bits per heavy atom. The van der Waals surface area contributed by atoms with Crippen LogP contribution in [0.4, 0.5) is 5.69 Å². The number of ether oxygens (including phenoxy) is 1. The van der Waals surface area contributed by atoms with Crippen molar-refractivity contribution in [3.63, 3.8) is 0 Å². The maximum atomic E-state index is 11.2. The van der Waals surface area contributed by atoms with Gasteiger partial charge in [-0.3, -0.25) is 4.79 Å². The van der Waals surface area contributed by atoms with E-state index in [0.29, 0.717) is 5.75 Å². The number of carbonyl (C=O) groups excluding carboxylic acids is 1. The fourth-order valence-corrected chi connectivity index (χ4v) is 2.33. The normalized spacial score (nSPS) is 24.0. The molecule has 0 aromatic heterocycles. The molecule has 1 unspecified atom stereocenters. The second-order valence-electron chi connectivity index (χ2n) is 3.41. The van der Waals surface area contributed by atoms with Crippen LogP contribution in [-0.4, -0.2) is 18.3 Å². The second kappa shape index (κ2) is 3.00. The highest BCUT2D eigenvalue weighted by Gasteiger charge is 2.26. The Hall–Kier alpha value is -1.00. The first kappa shape index (κ1) is 8.32. The lowest BCUT2D eigenvalue weighted by Gasteiger charge is -2.16. The van der Waals surface area contributed by atoms with Crippen molar-refractivity contribution in [3.05, 3.63) is 23.8 Å². The smallest absolute Gasteiger partial charge is 0.234 e. The zero-order valence-corrected chi connectivity index (χ0v) is 8.26. The number of nitrogens with one attached hydrogen (secondary N) is 1. The minimum atomic E-state index is 0.0800. The summed E-state index contributed by atoms with van der Waals surface area (Å²) in [6.45, 7) is 0.805. The molecule has 0 bridgehead atoms. The molecule has 1 saturated heterocycles. The number of thioether (sulfide) groups is 1. The van der Waals surface area contributed by atoms with E-state index in [4.69, 9.17) is 4.74 Å². The number of fused-ring (bicyclic) bond motifs is 1. The van der Waals surface area contributed by atoms with E-state index in [1.54, 1.807) is 11.8 Å². The lowest BCUT2D eigenvalue weighted by Crippen LogP contribution is -2.18. The summed E-state index contributed by atoms with van der Waals surface area (Å²) < 4.78 is 5.19. The number of hydrogen-bond acceptors (Lipinski definition) is 3. The second-order valence-corrected chi connectivity index (χ2v) is 4.43. The number of amides is 1. The van der Waals surface area contributed by atoms with Crippen LogP contribution < -0.4 is 5.32 Å². The van der Waals surface area contributed by atoms with E-state index in [9.17, 15) is 4.79 Å². The molecule has 1 aromatic rings. The molecule has 0 aliphatic carbocycles. The van der Waals surface area contributed by atoms with Crippen molar-refractivity contribution in [1.82, 2.24) is 0 Å². The van der Waals surface area contributed by atoms with E-state index < -0.39 is 0 Å². The molecule has 1 fully saturated rings. The Bertz CT molecular complexity index is 401. The van der Waals surface area contributed by atoms with Crippen molar-refractivity contribution in [3.8, 4) is 0 Å². The van der Waals surface area contributed by atoms with Gasteiger partial charge >= 0.3 is 0 Å². The number of benzene rings is 1. The Morgan fingerprint density at radius 2 is 2.36 bits per heavy atom. The summed E-state index contributed by atoms with van der Waals surface area (Å²) in [4.78, 5) is 12.3. The lowest BCUT2D eigenvalue weighted by atomic mass is 10.1. The maximum Gasteiger partial charge on any atom is 0.234 e. The molecular formula is C10H9NO2S. The molecule has 1 N–H and O–H groups in total. The van der Waals surface area contributed by atoms with Gasteiger partial charge in [0.05, 0.1) is 18.0 Å². The van der Waals surface area contributed by atoms with Gasteiger partial charge in [0.1, 0.15) is 6.10 Å². The van der Waals surface area contributed by atoms with Gasteiger partial charge < -0.3 is 10.1 Å². The average Bonchev–Trinajstić information content (AvgIpc) is 3.00. The largest absolute Gasteiger partial charge is 0.368 e. The van der Waals surface area contributed by atoms with Crippen LogP contribution in [0.3, 0.4) is 0 Å². The van der Waals surface area contributed by atoms with Gasteiger partial charge in [-0.25, -0.2) is 0 Å². The SMILES string of the molecule is O=C1CSc2ccc(C3CO3)cc2N1. The molecule has 4 heteroatoms. The third kappa shape index (κ3) is 1.40. The zero-order valence-electron chi connectivity index (χ0n) is 7.45. The Kier molecular flexibility index (Phi) is 1.78. The molecule has 1 amide bonds. The molecule has 2 aliphatic heterocycles. The van der Waals surface area contributed by atoms with Gasteiger partial charge in [-0.1, -0.05) is 6.07 Å². The van der Waals surface area contributed by atoms with Crippen LogP contribution in [0, 0.1) is 0 Å². The fourth-order valence-electron chi connectivity index (χ4n) is 1.54. The van der Waals surface area contributed by atoms with E-state index >= 15 is 0 Å². The van der Waals surface area contributed by atoms with Crippen molar-refractivity contribution in [1.29, 1.82) is 0 Å². The van der Waals surface area contributed by atoms with Crippen molar-refractivity contribution in [2.24, 2.45) is 0 Å². The van der Waals surface area contributed by atoms with Gasteiger partial charge in [0.2, 0.25) is 5.91 Å². The van der Waals surface area contributed by atoms with Crippen molar-refractivity contribution >= 4 is 23.4 Å². The van der Waals surface area contributed by atoms with Crippen LogP contribution in [0.25, 0.3) is 0 Å². The maximum absolute atomic E-state index is 11.2. The van der Waals surface area contributed by atoms with Crippen LogP contribution in [0.15, 0.2) is 23.1 Å². The van der Waals surface area contributed by atoms with Crippen LogP contribution in [0.5, 0.6) is 0 Å². The van der Waals surface area contributed by atoms with Crippen molar-refractivity contribution in [2.75, 3.05) is 17.7 Å². The molecule has 2 heterocycles. The Balaban J connectivity index is 1.99. The molecule has 2 aliphatic rings. The van der Waals surface area contributed by atoms with E-state index in [1.165, 1.54) is 0 Å². The quantitative estimate of drug-likeness (QED) is 0.714.